The molecule has 0 atom stereocenters. The van der Waals surface area contributed by atoms with E-state index in [1.807, 2.05) is 0 Å². The lowest BCUT2D eigenvalue weighted by Crippen LogP contribution is -2.15. The van der Waals surface area contributed by atoms with Gasteiger partial charge in [-0.15, -0.1) is 0 Å². The molecule has 0 bridgehead atoms. The van der Waals surface area contributed by atoms with Gasteiger partial charge in [0, 0.05) is 12.1 Å². The maximum atomic E-state index is 12.8. The van der Waals surface area contributed by atoms with E-state index in [-0.39, 0.29) is 5.82 Å². The molecule has 0 unspecified atom stereocenters. The third-order valence-corrected chi connectivity index (χ3v) is 3.20. The molecule has 5 nitrogen and oxygen atoms in total. The van der Waals surface area contributed by atoms with Crippen molar-refractivity contribution >= 4 is 11.6 Å². The van der Waals surface area contributed by atoms with Crippen LogP contribution in [-0.4, -0.2) is 16.5 Å². The fraction of sp³-hybridized carbons (Fsp3) is 0.333. The standard InChI is InChI=1S/C15H20FN5/c1-2-3-13-14(19-10-20-15(13)21-17)18-9-8-11-4-6-12(16)7-5-11/h4-7,10H,2-3,8-9,17H2,1H3,(H2,18,19,20,21). The minimum absolute atomic E-state index is 0.216. The van der Waals surface area contributed by atoms with Crippen LogP contribution in [0.5, 0.6) is 0 Å². The number of halogens is 1. The Morgan fingerprint density at radius 2 is 1.81 bits per heavy atom. The first-order chi connectivity index (χ1) is 10.2. The molecule has 0 aliphatic rings. The van der Waals surface area contributed by atoms with E-state index in [4.69, 9.17) is 5.84 Å². The van der Waals surface area contributed by atoms with Crippen LogP contribution in [0, 0.1) is 5.82 Å². The van der Waals surface area contributed by atoms with Gasteiger partial charge in [-0.3, -0.25) is 0 Å². The van der Waals surface area contributed by atoms with Gasteiger partial charge in [-0.25, -0.2) is 20.2 Å². The Labute approximate surface area is 123 Å². The summed E-state index contributed by atoms with van der Waals surface area (Å²) in [4.78, 5) is 8.40. The first-order valence-corrected chi connectivity index (χ1v) is 7.03. The molecule has 0 saturated heterocycles. The van der Waals surface area contributed by atoms with Crippen molar-refractivity contribution in [1.82, 2.24) is 9.97 Å². The van der Waals surface area contributed by atoms with Crippen LogP contribution in [0.3, 0.4) is 0 Å². The van der Waals surface area contributed by atoms with Crippen molar-refractivity contribution in [2.45, 2.75) is 26.2 Å². The molecule has 0 saturated carbocycles. The third-order valence-electron chi connectivity index (χ3n) is 3.20. The molecule has 1 aromatic carbocycles. The minimum Gasteiger partial charge on any atom is -0.369 e. The molecule has 112 valence electrons. The highest BCUT2D eigenvalue weighted by atomic mass is 19.1. The number of nitrogens with one attached hydrogen (secondary N) is 2. The van der Waals surface area contributed by atoms with Crippen LogP contribution in [-0.2, 0) is 12.8 Å². The summed E-state index contributed by atoms with van der Waals surface area (Å²) in [6.45, 7) is 2.80. The summed E-state index contributed by atoms with van der Waals surface area (Å²) >= 11 is 0. The molecule has 0 spiro atoms. The fourth-order valence-corrected chi connectivity index (χ4v) is 2.15. The smallest absolute Gasteiger partial charge is 0.148 e. The Kier molecular flexibility index (Phi) is 5.45. The maximum Gasteiger partial charge on any atom is 0.148 e. The molecule has 0 amide bonds. The molecule has 0 radical (unpaired) electrons. The Bertz CT molecular complexity index is 571. The van der Waals surface area contributed by atoms with E-state index in [9.17, 15) is 4.39 Å². The van der Waals surface area contributed by atoms with Crippen molar-refractivity contribution < 1.29 is 4.39 Å². The van der Waals surface area contributed by atoms with Crippen LogP contribution in [0.1, 0.15) is 24.5 Å². The number of rotatable bonds is 7. The normalized spacial score (nSPS) is 10.4. The topological polar surface area (TPSA) is 75.9 Å². The lowest BCUT2D eigenvalue weighted by molar-refractivity contribution is 0.627. The number of nitrogen functional groups attached to an aromatic ring is 1. The zero-order valence-corrected chi connectivity index (χ0v) is 12.1. The highest BCUT2D eigenvalue weighted by Crippen LogP contribution is 2.20. The summed E-state index contributed by atoms with van der Waals surface area (Å²) < 4.78 is 12.8. The van der Waals surface area contributed by atoms with Crippen LogP contribution >= 0.6 is 0 Å². The first kappa shape index (κ1) is 15.2. The van der Waals surface area contributed by atoms with Crippen molar-refractivity contribution in [2.75, 3.05) is 17.3 Å². The molecule has 4 N–H and O–H groups in total. The molecule has 0 aliphatic carbocycles. The van der Waals surface area contributed by atoms with Crippen LogP contribution in [0.2, 0.25) is 0 Å². The Morgan fingerprint density at radius 1 is 1.10 bits per heavy atom. The Balaban J connectivity index is 2.00. The predicted octanol–water partition coefficient (Wildman–Crippen LogP) is 2.51. The van der Waals surface area contributed by atoms with Crippen LogP contribution in [0.4, 0.5) is 16.0 Å². The lowest BCUT2D eigenvalue weighted by atomic mass is 10.1. The number of hydrogen-bond donors (Lipinski definition) is 3. The summed E-state index contributed by atoms with van der Waals surface area (Å²) in [5.41, 5.74) is 4.67. The Hall–Kier alpha value is -2.21. The highest BCUT2D eigenvalue weighted by Gasteiger charge is 2.09. The second-order valence-corrected chi connectivity index (χ2v) is 4.75. The molecule has 1 aromatic heterocycles. The van der Waals surface area contributed by atoms with Gasteiger partial charge >= 0.3 is 0 Å². The van der Waals surface area contributed by atoms with E-state index in [1.165, 1.54) is 18.5 Å². The van der Waals surface area contributed by atoms with Gasteiger partial charge in [0.15, 0.2) is 0 Å². The number of nitrogens with two attached hydrogens (primary N) is 1. The van der Waals surface area contributed by atoms with E-state index >= 15 is 0 Å². The monoisotopic (exact) mass is 289 g/mol. The number of aromatic nitrogens is 2. The van der Waals surface area contributed by atoms with Gasteiger partial charge in [0.05, 0.1) is 0 Å². The third kappa shape index (κ3) is 4.13. The molecule has 1 heterocycles. The number of hydrazine groups is 1. The van der Waals surface area contributed by atoms with Gasteiger partial charge in [0.2, 0.25) is 0 Å². The molecule has 0 fully saturated rings. The predicted molar refractivity (Wildman–Crippen MR) is 82.4 cm³/mol. The van der Waals surface area contributed by atoms with E-state index in [0.717, 1.165) is 36.2 Å². The molecule has 0 aliphatic heterocycles. The quantitative estimate of drug-likeness (QED) is 0.539. The molecular formula is C15H20FN5. The Morgan fingerprint density at radius 3 is 2.48 bits per heavy atom. The SMILES string of the molecule is CCCc1c(NN)ncnc1NCCc1ccc(F)cc1. The van der Waals surface area contributed by atoms with E-state index in [1.54, 1.807) is 12.1 Å². The zero-order chi connectivity index (χ0) is 15.1. The summed E-state index contributed by atoms with van der Waals surface area (Å²) in [5, 5.41) is 3.30. The van der Waals surface area contributed by atoms with Crippen LogP contribution < -0.4 is 16.6 Å². The second-order valence-electron chi connectivity index (χ2n) is 4.75. The average molecular weight is 289 g/mol. The number of anilines is 2. The number of benzene rings is 1. The second kappa shape index (κ2) is 7.54. The first-order valence-electron chi connectivity index (χ1n) is 7.03. The minimum atomic E-state index is -0.216. The van der Waals surface area contributed by atoms with Gasteiger partial charge in [0.1, 0.15) is 23.8 Å². The van der Waals surface area contributed by atoms with Gasteiger partial charge in [-0.1, -0.05) is 25.5 Å². The van der Waals surface area contributed by atoms with Gasteiger partial charge in [-0.2, -0.15) is 0 Å². The summed E-state index contributed by atoms with van der Waals surface area (Å²) in [6, 6.07) is 6.52. The zero-order valence-electron chi connectivity index (χ0n) is 12.1. The van der Waals surface area contributed by atoms with E-state index in [2.05, 4.69) is 27.6 Å². The molecule has 2 rings (SSSR count). The van der Waals surface area contributed by atoms with Crippen molar-refractivity contribution in [3.8, 4) is 0 Å². The maximum absolute atomic E-state index is 12.8. The summed E-state index contributed by atoms with van der Waals surface area (Å²) in [6.07, 6.45) is 4.10. The van der Waals surface area contributed by atoms with Gasteiger partial charge in [0.25, 0.3) is 0 Å². The van der Waals surface area contributed by atoms with Crippen molar-refractivity contribution in [1.29, 1.82) is 0 Å². The summed E-state index contributed by atoms with van der Waals surface area (Å²) in [7, 11) is 0. The van der Waals surface area contributed by atoms with Crippen LogP contribution in [0.25, 0.3) is 0 Å². The van der Waals surface area contributed by atoms with Crippen LogP contribution in [0.15, 0.2) is 30.6 Å². The molecule has 21 heavy (non-hydrogen) atoms. The average Bonchev–Trinajstić information content (AvgIpc) is 2.51. The van der Waals surface area contributed by atoms with Crippen molar-refractivity contribution in [2.24, 2.45) is 5.84 Å². The van der Waals surface area contributed by atoms with Crippen molar-refractivity contribution in [3.63, 3.8) is 0 Å². The molecule has 2 aromatic rings. The number of nitrogens with zero attached hydrogens (tertiary/aromatic N) is 2. The van der Waals surface area contributed by atoms with E-state index in [0.29, 0.717) is 12.4 Å². The van der Waals surface area contributed by atoms with Gasteiger partial charge < -0.3 is 10.7 Å². The van der Waals surface area contributed by atoms with Gasteiger partial charge in [-0.05, 0) is 30.5 Å². The highest BCUT2D eigenvalue weighted by molar-refractivity contribution is 5.56. The molecule has 6 heteroatoms. The van der Waals surface area contributed by atoms with E-state index < -0.39 is 0 Å². The summed E-state index contributed by atoms with van der Waals surface area (Å²) in [5.74, 6) is 6.71. The molecular weight excluding hydrogens is 269 g/mol. The number of hydrogen-bond acceptors (Lipinski definition) is 5. The lowest BCUT2D eigenvalue weighted by Gasteiger charge is -2.13. The fourth-order valence-electron chi connectivity index (χ4n) is 2.15. The van der Waals surface area contributed by atoms with Crippen molar-refractivity contribution in [3.05, 3.63) is 47.5 Å². The largest absolute Gasteiger partial charge is 0.369 e.